The Hall–Kier alpha value is -6.24. The smallest absolute Gasteiger partial charge is 0.00205 e. The lowest BCUT2D eigenvalue weighted by atomic mass is 9.84. The molecule has 53 heavy (non-hydrogen) atoms. The van der Waals surface area contributed by atoms with Crippen LogP contribution in [0.1, 0.15) is 29.2 Å². The van der Waals surface area contributed by atoms with Gasteiger partial charge in [-0.05, 0) is 143 Å². The van der Waals surface area contributed by atoms with Crippen LogP contribution in [-0.2, 0) is 6.42 Å². The van der Waals surface area contributed by atoms with Crippen molar-refractivity contribution < 1.29 is 0 Å². The molecule has 0 aromatic heterocycles. The molecule has 0 aliphatic heterocycles. The van der Waals surface area contributed by atoms with Crippen molar-refractivity contribution in [1.29, 1.82) is 0 Å². The molecule has 10 aromatic rings. The van der Waals surface area contributed by atoms with Gasteiger partial charge in [0, 0.05) is 0 Å². The van der Waals surface area contributed by atoms with Crippen molar-refractivity contribution >= 4 is 53.9 Å². The van der Waals surface area contributed by atoms with Crippen molar-refractivity contribution in [3.8, 4) is 44.5 Å². The van der Waals surface area contributed by atoms with Gasteiger partial charge in [-0.25, -0.2) is 0 Å². The maximum atomic E-state index is 2.39. The molecular weight excluding hydrogens is 637 g/mol. The third-order valence-corrected chi connectivity index (χ3v) is 11.5. The topological polar surface area (TPSA) is 0 Å². The summed E-state index contributed by atoms with van der Waals surface area (Å²) in [5.74, 6) is 0. The number of hydrogen-bond donors (Lipinski definition) is 0. The molecule has 252 valence electrons. The minimum atomic E-state index is 1.03. The molecule has 0 nitrogen and oxygen atoms in total. The summed E-state index contributed by atoms with van der Waals surface area (Å²) in [5, 5.41) is 13.2. The minimum Gasteiger partial charge on any atom is -0.0616 e. The molecule has 0 amide bonds. The number of benzene rings is 10. The maximum Gasteiger partial charge on any atom is -0.00205 e. The Labute approximate surface area is 311 Å². The highest BCUT2D eigenvalue weighted by atomic mass is 14.2. The van der Waals surface area contributed by atoms with E-state index in [2.05, 4.69) is 185 Å². The van der Waals surface area contributed by atoms with Crippen LogP contribution in [0, 0.1) is 20.8 Å². The van der Waals surface area contributed by atoms with Gasteiger partial charge in [0.25, 0.3) is 0 Å². The van der Waals surface area contributed by atoms with E-state index in [-0.39, 0.29) is 0 Å². The Morgan fingerprint density at radius 2 is 0.792 bits per heavy atom. The number of hydrogen-bond acceptors (Lipinski definition) is 0. The summed E-state index contributed by atoms with van der Waals surface area (Å²) in [5.41, 5.74) is 15.4. The Balaban J connectivity index is 1.15. The summed E-state index contributed by atoms with van der Waals surface area (Å²) in [7, 11) is 0. The largest absolute Gasteiger partial charge is 0.0616 e. The van der Waals surface area contributed by atoms with E-state index < -0.39 is 0 Å². The summed E-state index contributed by atoms with van der Waals surface area (Å²) in [6.07, 6.45) is 1.03. The number of fused-ring (bicyclic) bond motifs is 2. The highest BCUT2D eigenvalue weighted by Gasteiger charge is 2.19. The summed E-state index contributed by atoms with van der Waals surface area (Å²) >= 11 is 0. The van der Waals surface area contributed by atoms with Gasteiger partial charge in [0.2, 0.25) is 0 Å². The molecule has 0 radical (unpaired) electrons. The molecule has 0 bridgehead atoms. The Kier molecular flexibility index (Phi) is 7.24. The normalized spacial score (nSPS) is 11.8. The predicted molar refractivity (Wildman–Crippen MR) is 230 cm³/mol. The van der Waals surface area contributed by atoms with Crippen LogP contribution < -0.4 is 0 Å². The molecule has 0 saturated carbocycles. The van der Waals surface area contributed by atoms with Crippen molar-refractivity contribution in [3.63, 3.8) is 0 Å². The van der Waals surface area contributed by atoms with E-state index >= 15 is 0 Å². The summed E-state index contributed by atoms with van der Waals surface area (Å²) in [6.45, 7) is 8.85. The molecule has 0 aliphatic carbocycles. The van der Waals surface area contributed by atoms with Gasteiger partial charge in [-0.15, -0.1) is 0 Å². The van der Waals surface area contributed by atoms with Gasteiger partial charge < -0.3 is 0 Å². The van der Waals surface area contributed by atoms with E-state index in [0.717, 1.165) is 6.42 Å². The first-order chi connectivity index (χ1) is 25.9. The van der Waals surface area contributed by atoms with E-state index in [1.165, 1.54) is 121 Å². The third kappa shape index (κ3) is 5.05. The zero-order valence-electron chi connectivity index (χ0n) is 30.7. The van der Waals surface area contributed by atoms with Gasteiger partial charge in [0.15, 0.2) is 0 Å². The van der Waals surface area contributed by atoms with Gasteiger partial charge in [0.1, 0.15) is 0 Å². The lowest BCUT2D eigenvalue weighted by Gasteiger charge is -2.19. The second-order valence-electron chi connectivity index (χ2n) is 15.0. The van der Waals surface area contributed by atoms with E-state index in [4.69, 9.17) is 0 Å². The van der Waals surface area contributed by atoms with E-state index in [1.54, 1.807) is 0 Å². The Morgan fingerprint density at radius 1 is 0.340 bits per heavy atom. The SMILES string of the molecule is CCc1ccc2ccc3c(-c4ccc(-c5c6ccccc6c(-c6cc(C)cc(-c7cc(C)cc(C)c7)c6)c6ccccc56)cc4)ccc4ccc1c2c43. The molecule has 0 spiro atoms. The lowest BCUT2D eigenvalue weighted by Crippen LogP contribution is -1.92. The summed E-state index contributed by atoms with van der Waals surface area (Å²) in [4.78, 5) is 0. The first-order valence-corrected chi connectivity index (χ1v) is 18.9. The van der Waals surface area contributed by atoms with Crippen LogP contribution in [0.3, 0.4) is 0 Å². The average Bonchev–Trinajstić information content (AvgIpc) is 3.18. The highest BCUT2D eigenvalue weighted by Crippen LogP contribution is 2.46. The van der Waals surface area contributed by atoms with Crippen LogP contribution in [0.4, 0.5) is 0 Å². The van der Waals surface area contributed by atoms with Crippen LogP contribution >= 0.6 is 0 Å². The van der Waals surface area contributed by atoms with Crippen LogP contribution in [0.5, 0.6) is 0 Å². The van der Waals surface area contributed by atoms with E-state index in [0.29, 0.717) is 0 Å². The van der Waals surface area contributed by atoms with Gasteiger partial charge in [0.05, 0.1) is 0 Å². The monoisotopic (exact) mass is 676 g/mol. The van der Waals surface area contributed by atoms with Crippen LogP contribution in [0.25, 0.3) is 98.4 Å². The fourth-order valence-electron chi connectivity index (χ4n) is 9.22. The quantitative estimate of drug-likeness (QED) is 0.126. The van der Waals surface area contributed by atoms with Crippen molar-refractivity contribution in [1.82, 2.24) is 0 Å². The van der Waals surface area contributed by atoms with E-state index in [1.807, 2.05) is 0 Å². The van der Waals surface area contributed by atoms with Crippen LogP contribution in [0.2, 0.25) is 0 Å². The molecule has 0 saturated heterocycles. The molecule has 0 unspecified atom stereocenters. The molecule has 0 atom stereocenters. The molecule has 10 rings (SSSR count). The minimum absolute atomic E-state index is 1.03. The van der Waals surface area contributed by atoms with Gasteiger partial charge in [-0.3, -0.25) is 0 Å². The molecule has 0 heteroatoms. The van der Waals surface area contributed by atoms with Crippen molar-refractivity contribution in [2.75, 3.05) is 0 Å². The third-order valence-electron chi connectivity index (χ3n) is 11.5. The first kappa shape index (κ1) is 31.5. The Bertz CT molecular complexity index is 2970. The molecule has 0 heterocycles. The van der Waals surface area contributed by atoms with Crippen molar-refractivity contribution in [3.05, 3.63) is 180 Å². The van der Waals surface area contributed by atoms with Gasteiger partial charge in [-0.1, -0.05) is 170 Å². The van der Waals surface area contributed by atoms with E-state index in [9.17, 15) is 0 Å². The molecular formula is C53H40. The number of rotatable bonds is 5. The molecule has 10 aromatic carbocycles. The first-order valence-electron chi connectivity index (χ1n) is 18.9. The predicted octanol–water partition coefficient (Wildman–Crippen LogP) is 15.0. The molecule has 0 fully saturated rings. The van der Waals surface area contributed by atoms with Crippen LogP contribution in [-0.4, -0.2) is 0 Å². The second kappa shape index (κ2) is 12.2. The standard InChI is InChI=1S/C53H40/c1-5-35-14-17-38-22-25-49-43(23-20-39-21-24-44(35)52(38)53(39)49)36-15-18-37(19-16-36)50-45-10-6-8-12-47(45)51(48-13-9-7-11-46(48)50)42-30-34(4)29-41(31-42)40-27-32(2)26-33(3)28-40/h6-31H,5H2,1-4H3. The summed E-state index contributed by atoms with van der Waals surface area (Å²) in [6, 6.07) is 59.7. The average molecular weight is 677 g/mol. The molecule has 0 aliphatic rings. The van der Waals surface area contributed by atoms with Crippen molar-refractivity contribution in [2.45, 2.75) is 34.1 Å². The second-order valence-corrected chi connectivity index (χ2v) is 15.0. The summed E-state index contributed by atoms with van der Waals surface area (Å²) < 4.78 is 0. The Morgan fingerprint density at radius 3 is 1.40 bits per heavy atom. The highest BCUT2D eigenvalue weighted by molar-refractivity contribution is 6.26. The van der Waals surface area contributed by atoms with Gasteiger partial charge in [-0.2, -0.15) is 0 Å². The fraction of sp³-hybridized carbons (Fsp3) is 0.0943. The molecule has 0 N–H and O–H groups in total. The zero-order valence-corrected chi connectivity index (χ0v) is 30.7. The lowest BCUT2D eigenvalue weighted by molar-refractivity contribution is 1.16. The van der Waals surface area contributed by atoms with Crippen LogP contribution in [0.15, 0.2) is 158 Å². The van der Waals surface area contributed by atoms with Crippen molar-refractivity contribution in [2.24, 2.45) is 0 Å². The zero-order chi connectivity index (χ0) is 35.8. The number of aryl methyl sites for hydroxylation is 4. The van der Waals surface area contributed by atoms with Gasteiger partial charge >= 0.3 is 0 Å². The maximum absolute atomic E-state index is 2.39. The fourth-order valence-corrected chi connectivity index (χ4v) is 9.22.